The Morgan fingerprint density at radius 2 is 2.10 bits per heavy atom. The second-order valence-corrected chi connectivity index (χ2v) is 3.98. The van der Waals surface area contributed by atoms with Crippen LogP contribution in [0.15, 0.2) is 29.0 Å². The van der Waals surface area contributed by atoms with Crippen molar-refractivity contribution in [2.24, 2.45) is 0 Å². The summed E-state index contributed by atoms with van der Waals surface area (Å²) >= 11 is 0. The molecule has 7 nitrogen and oxygen atoms in total. The first-order valence-electron chi connectivity index (χ1n) is 5.62. The molecule has 106 valence electrons. The molecule has 0 saturated heterocycles. The van der Waals surface area contributed by atoms with Crippen LogP contribution in [0.5, 0.6) is 0 Å². The minimum atomic E-state index is -1.26. The summed E-state index contributed by atoms with van der Waals surface area (Å²) in [6, 6.07) is 3.12. The van der Waals surface area contributed by atoms with Gasteiger partial charge in [0.05, 0.1) is 6.33 Å². The Morgan fingerprint density at radius 3 is 2.81 bits per heavy atom. The number of aromatic nitrogens is 4. The Balaban J connectivity index is 2.01. The van der Waals surface area contributed by atoms with Crippen LogP contribution in [0.25, 0.3) is 23.0 Å². The van der Waals surface area contributed by atoms with Gasteiger partial charge in [0.1, 0.15) is 5.69 Å². The Morgan fingerprint density at radius 1 is 1.29 bits per heavy atom. The number of nitrogens with zero attached hydrogens (tertiary/aromatic N) is 3. The van der Waals surface area contributed by atoms with Crippen LogP contribution in [0.3, 0.4) is 0 Å². The first-order chi connectivity index (χ1) is 10.1. The Kier molecular flexibility index (Phi) is 2.94. The number of hydrogen-bond acceptors (Lipinski definition) is 5. The van der Waals surface area contributed by atoms with E-state index in [1.54, 1.807) is 0 Å². The fraction of sp³-hybridized carbons (Fsp3) is 0. The Labute approximate surface area is 115 Å². The SMILES string of the molecule is O=C(O)c1nc[nH]c1-c1nc(-c2ccc(F)c(F)c2)no1. The van der Waals surface area contributed by atoms with Gasteiger partial charge in [0.25, 0.3) is 5.89 Å². The lowest BCUT2D eigenvalue weighted by Crippen LogP contribution is -1.99. The lowest BCUT2D eigenvalue weighted by atomic mass is 10.2. The van der Waals surface area contributed by atoms with Gasteiger partial charge in [-0.25, -0.2) is 18.6 Å². The molecule has 0 saturated carbocycles. The number of H-pyrrole nitrogens is 1. The van der Waals surface area contributed by atoms with Crippen LogP contribution in [-0.2, 0) is 0 Å². The van der Waals surface area contributed by atoms with Gasteiger partial charge >= 0.3 is 5.97 Å². The summed E-state index contributed by atoms with van der Waals surface area (Å²) in [6.07, 6.45) is 1.17. The zero-order valence-corrected chi connectivity index (χ0v) is 10.2. The van der Waals surface area contributed by atoms with Crippen LogP contribution in [0.2, 0.25) is 0 Å². The number of hydrogen-bond donors (Lipinski definition) is 2. The van der Waals surface area contributed by atoms with Crippen molar-refractivity contribution in [3.63, 3.8) is 0 Å². The number of halogens is 2. The maximum atomic E-state index is 13.2. The molecule has 0 radical (unpaired) electrons. The van der Waals surface area contributed by atoms with Crippen molar-refractivity contribution in [1.82, 2.24) is 20.1 Å². The molecule has 21 heavy (non-hydrogen) atoms. The maximum Gasteiger partial charge on any atom is 0.356 e. The van der Waals surface area contributed by atoms with Crippen LogP contribution < -0.4 is 0 Å². The van der Waals surface area contributed by atoms with Crippen molar-refractivity contribution >= 4 is 5.97 Å². The van der Waals surface area contributed by atoms with E-state index < -0.39 is 17.6 Å². The molecule has 2 heterocycles. The molecular weight excluding hydrogens is 286 g/mol. The van der Waals surface area contributed by atoms with Crippen molar-refractivity contribution in [1.29, 1.82) is 0 Å². The molecular formula is C12H6F2N4O3. The number of nitrogens with one attached hydrogen (secondary N) is 1. The van der Waals surface area contributed by atoms with Crippen LogP contribution in [0.1, 0.15) is 10.5 Å². The maximum absolute atomic E-state index is 13.2. The lowest BCUT2D eigenvalue weighted by molar-refractivity contribution is 0.0691. The fourth-order valence-electron chi connectivity index (χ4n) is 1.70. The summed E-state index contributed by atoms with van der Waals surface area (Å²) in [5.74, 6) is -3.44. The molecule has 0 fully saturated rings. The topological polar surface area (TPSA) is 105 Å². The number of carboxylic acids is 1. The second kappa shape index (κ2) is 4.78. The van der Waals surface area contributed by atoms with E-state index >= 15 is 0 Å². The highest BCUT2D eigenvalue weighted by Gasteiger charge is 2.20. The molecule has 0 aliphatic carbocycles. The molecule has 0 aliphatic rings. The number of imidazole rings is 1. The van der Waals surface area contributed by atoms with Gasteiger partial charge in [-0.2, -0.15) is 4.98 Å². The smallest absolute Gasteiger partial charge is 0.356 e. The van der Waals surface area contributed by atoms with Crippen molar-refractivity contribution in [3.8, 4) is 23.0 Å². The quantitative estimate of drug-likeness (QED) is 0.766. The number of aromatic carboxylic acids is 1. The van der Waals surface area contributed by atoms with Gasteiger partial charge in [0.2, 0.25) is 5.82 Å². The van der Waals surface area contributed by atoms with Gasteiger partial charge in [-0.3, -0.25) is 0 Å². The molecule has 2 aromatic heterocycles. The third kappa shape index (κ3) is 2.24. The summed E-state index contributed by atoms with van der Waals surface area (Å²) in [4.78, 5) is 21.1. The predicted molar refractivity (Wildman–Crippen MR) is 64.2 cm³/mol. The van der Waals surface area contributed by atoms with Crippen molar-refractivity contribution < 1.29 is 23.2 Å². The normalized spacial score (nSPS) is 10.8. The number of carbonyl (C=O) groups is 1. The largest absolute Gasteiger partial charge is 0.476 e. The zero-order chi connectivity index (χ0) is 15.0. The van der Waals surface area contributed by atoms with Gasteiger partial charge in [0, 0.05) is 5.56 Å². The van der Waals surface area contributed by atoms with E-state index in [9.17, 15) is 13.6 Å². The molecule has 0 aliphatic heterocycles. The molecule has 1 aromatic carbocycles. The van der Waals surface area contributed by atoms with E-state index in [-0.39, 0.29) is 28.7 Å². The van der Waals surface area contributed by atoms with E-state index in [0.29, 0.717) is 0 Å². The number of benzene rings is 1. The average molecular weight is 292 g/mol. The summed E-state index contributed by atoms with van der Waals surface area (Å²) in [7, 11) is 0. The van der Waals surface area contributed by atoms with E-state index in [2.05, 4.69) is 20.1 Å². The van der Waals surface area contributed by atoms with Gasteiger partial charge in [-0.1, -0.05) is 5.16 Å². The molecule has 0 bridgehead atoms. The van der Waals surface area contributed by atoms with Gasteiger partial charge < -0.3 is 14.6 Å². The third-order valence-corrected chi connectivity index (χ3v) is 2.66. The zero-order valence-electron chi connectivity index (χ0n) is 10.2. The minimum Gasteiger partial charge on any atom is -0.476 e. The van der Waals surface area contributed by atoms with E-state index in [1.807, 2.05) is 0 Å². The highest BCUT2D eigenvalue weighted by atomic mass is 19.2. The summed E-state index contributed by atoms with van der Waals surface area (Å²) in [5.41, 5.74) is -0.0559. The van der Waals surface area contributed by atoms with E-state index in [1.165, 1.54) is 12.4 Å². The van der Waals surface area contributed by atoms with Crippen molar-refractivity contribution in [3.05, 3.63) is 41.9 Å². The number of carboxylic acid groups (broad SMARTS) is 1. The minimum absolute atomic E-state index is 0.00478. The molecule has 3 rings (SSSR count). The molecule has 0 spiro atoms. The van der Waals surface area contributed by atoms with Crippen molar-refractivity contribution in [2.45, 2.75) is 0 Å². The van der Waals surface area contributed by atoms with Crippen LogP contribution in [-0.4, -0.2) is 31.2 Å². The van der Waals surface area contributed by atoms with E-state index in [0.717, 1.165) is 12.1 Å². The van der Waals surface area contributed by atoms with Crippen LogP contribution in [0.4, 0.5) is 8.78 Å². The standard InChI is InChI=1S/C12H6F2N4O3/c13-6-2-1-5(3-7(6)14)10-17-11(21-18-10)8-9(12(19)20)16-4-15-8/h1-4H,(H,15,16)(H,19,20). The van der Waals surface area contributed by atoms with Crippen molar-refractivity contribution in [2.75, 3.05) is 0 Å². The van der Waals surface area contributed by atoms with Crippen LogP contribution in [0, 0.1) is 11.6 Å². The third-order valence-electron chi connectivity index (χ3n) is 2.66. The molecule has 3 aromatic rings. The molecule has 0 unspecified atom stereocenters. The number of rotatable bonds is 3. The predicted octanol–water partition coefficient (Wildman–Crippen LogP) is 2.10. The second-order valence-electron chi connectivity index (χ2n) is 3.98. The highest BCUT2D eigenvalue weighted by Crippen LogP contribution is 2.23. The highest BCUT2D eigenvalue weighted by molar-refractivity contribution is 5.91. The number of aromatic amines is 1. The van der Waals surface area contributed by atoms with Gasteiger partial charge in [0.15, 0.2) is 17.3 Å². The molecule has 9 heteroatoms. The summed E-state index contributed by atoms with van der Waals surface area (Å²) in [6.45, 7) is 0. The monoisotopic (exact) mass is 292 g/mol. The van der Waals surface area contributed by atoms with Crippen LogP contribution >= 0.6 is 0 Å². The average Bonchev–Trinajstić information content (AvgIpc) is 3.09. The Hall–Kier alpha value is -3.10. The van der Waals surface area contributed by atoms with Gasteiger partial charge in [-0.05, 0) is 18.2 Å². The molecule has 0 atom stereocenters. The fourth-order valence-corrected chi connectivity index (χ4v) is 1.70. The molecule has 0 amide bonds. The van der Waals surface area contributed by atoms with Gasteiger partial charge in [-0.15, -0.1) is 0 Å². The summed E-state index contributed by atoms with van der Waals surface area (Å²) < 4.78 is 30.9. The summed E-state index contributed by atoms with van der Waals surface area (Å²) in [5, 5.41) is 12.5. The van der Waals surface area contributed by atoms with E-state index in [4.69, 9.17) is 9.63 Å². The first kappa shape index (κ1) is 12.9. The Bertz CT molecular complexity index is 828. The first-order valence-corrected chi connectivity index (χ1v) is 5.62. The molecule has 2 N–H and O–H groups in total. The lowest BCUT2D eigenvalue weighted by Gasteiger charge is -1.95.